The Hall–Kier alpha value is -4.06. The first kappa shape index (κ1) is 20.2. The first-order valence-electron chi connectivity index (χ1n) is 9.71. The Morgan fingerprint density at radius 1 is 0.806 bits per heavy atom. The molecule has 0 aliphatic heterocycles. The lowest BCUT2D eigenvalue weighted by Crippen LogP contribution is -2.22. The Balaban J connectivity index is 1.89. The smallest absolute Gasteiger partial charge is 0.266 e. The molecular weight excluding hydrogens is 392 g/mol. The number of hydrogen-bond acceptors (Lipinski definition) is 5. The maximum absolute atomic E-state index is 13.3. The van der Waals surface area contributed by atoms with Crippen molar-refractivity contribution < 1.29 is 14.2 Å². The van der Waals surface area contributed by atoms with E-state index >= 15 is 0 Å². The van der Waals surface area contributed by atoms with Crippen molar-refractivity contribution in [3.8, 4) is 22.9 Å². The molecule has 0 aliphatic carbocycles. The molecule has 0 spiro atoms. The number of rotatable bonds is 6. The fourth-order valence-electron chi connectivity index (χ4n) is 3.46. The van der Waals surface area contributed by atoms with Crippen molar-refractivity contribution in [3.05, 3.63) is 88.5 Å². The van der Waals surface area contributed by atoms with Crippen molar-refractivity contribution in [1.82, 2.24) is 9.55 Å². The van der Waals surface area contributed by atoms with Gasteiger partial charge in [0.2, 0.25) is 5.75 Å². The zero-order chi connectivity index (χ0) is 21.8. The lowest BCUT2D eigenvalue weighted by atomic mass is 10.1. The van der Waals surface area contributed by atoms with Crippen LogP contribution in [0.2, 0.25) is 0 Å². The number of fused-ring (bicyclic) bond motifs is 1. The predicted octanol–water partition coefficient (Wildman–Crippen LogP) is 4.58. The van der Waals surface area contributed by atoms with E-state index in [0.29, 0.717) is 34.0 Å². The molecule has 4 aromatic rings. The third-order valence-corrected chi connectivity index (χ3v) is 4.93. The number of methoxy groups -OCH3 is 3. The number of hydrogen-bond donors (Lipinski definition) is 0. The second kappa shape index (κ2) is 8.75. The lowest BCUT2D eigenvalue weighted by Gasteiger charge is -2.13. The molecule has 0 aliphatic rings. The Labute approximate surface area is 180 Å². The average Bonchev–Trinajstić information content (AvgIpc) is 2.82. The van der Waals surface area contributed by atoms with Gasteiger partial charge in [-0.05, 0) is 48.0 Å². The van der Waals surface area contributed by atoms with E-state index in [2.05, 4.69) is 0 Å². The molecule has 1 heterocycles. The third-order valence-electron chi connectivity index (χ3n) is 4.93. The van der Waals surface area contributed by atoms with Crippen molar-refractivity contribution in [3.63, 3.8) is 0 Å². The monoisotopic (exact) mass is 414 g/mol. The molecule has 0 atom stereocenters. The van der Waals surface area contributed by atoms with Crippen molar-refractivity contribution in [1.29, 1.82) is 0 Å². The van der Waals surface area contributed by atoms with Gasteiger partial charge in [-0.25, -0.2) is 4.98 Å². The van der Waals surface area contributed by atoms with Crippen molar-refractivity contribution in [2.75, 3.05) is 21.3 Å². The Morgan fingerprint density at radius 3 is 2.10 bits per heavy atom. The van der Waals surface area contributed by atoms with Gasteiger partial charge in [0.05, 0.1) is 37.9 Å². The molecule has 4 rings (SSSR count). The maximum atomic E-state index is 13.3. The van der Waals surface area contributed by atoms with E-state index in [4.69, 9.17) is 19.2 Å². The topological polar surface area (TPSA) is 62.6 Å². The molecule has 0 saturated heterocycles. The zero-order valence-corrected chi connectivity index (χ0v) is 17.5. The summed E-state index contributed by atoms with van der Waals surface area (Å²) in [6.45, 7) is 0. The highest BCUT2D eigenvalue weighted by Crippen LogP contribution is 2.38. The highest BCUT2D eigenvalue weighted by Gasteiger charge is 2.13. The summed E-state index contributed by atoms with van der Waals surface area (Å²) in [5, 5.41) is 0.566. The molecule has 6 heteroatoms. The Morgan fingerprint density at radius 2 is 1.45 bits per heavy atom. The normalized spacial score (nSPS) is 11.1. The Kier molecular flexibility index (Phi) is 5.71. The van der Waals surface area contributed by atoms with E-state index in [1.807, 2.05) is 72.8 Å². The summed E-state index contributed by atoms with van der Waals surface area (Å²) < 4.78 is 17.9. The van der Waals surface area contributed by atoms with Crippen molar-refractivity contribution >= 4 is 23.1 Å². The number of ether oxygens (including phenoxy) is 3. The summed E-state index contributed by atoms with van der Waals surface area (Å²) in [5.41, 5.74) is 2.08. The van der Waals surface area contributed by atoms with E-state index < -0.39 is 0 Å². The van der Waals surface area contributed by atoms with Crippen LogP contribution in [0.3, 0.4) is 0 Å². The van der Waals surface area contributed by atoms with E-state index in [-0.39, 0.29) is 5.56 Å². The minimum Gasteiger partial charge on any atom is -0.493 e. The molecular formula is C25H22N2O4. The van der Waals surface area contributed by atoms with Gasteiger partial charge in [-0.15, -0.1) is 0 Å². The van der Waals surface area contributed by atoms with Crippen LogP contribution in [0.1, 0.15) is 11.4 Å². The number of aromatic nitrogens is 2. The van der Waals surface area contributed by atoms with Crippen LogP contribution in [-0.2, 0) is 0 Å². The molecule has 0 amide bonds. The first-order chi connectivity index (χ1) is 15.2. The van der Waals surface area contributed by atoms with Crippen LogP contribution in [0.25, 0.3) is 28.7 Å². The van der Waals surface area contributed by atoms with Crippen LogP contribution in [0.4, 0.5) is 0 Å². The predicted molar refractivity (Wildman–Crippen MR) is 122 cm³/mol. The minimum atomic E-state index is -0.124. The fourth-order valence-corrected chi connectivity index (χ4v) is 3.46. The Bertz CT molecular complexity index is 1290. The number of nitrogens with zero attached hydrogens (tertiary/aromatic N) is 2. The summed E-state index contributed by atoms with van der Waals surface area (Å²) in [6, 6.07) is 20.5. The standard InChI is InChI=1S/C25H22N2O4/c1-29-21-15-17(16-22(30-2)24(21)31-3)13-14-23-26-20-12-8-7-11-19(20)25(28)27(23)18-9-5-4-6-10-18/h4-16H,1-3H3. The molecule has 6 nitrogen and oxygen atoms in total. The zero-order valence-electron chi connectivity index (χ0n) is 17.5. The van der Waals surface area contributed by atoms with Gasteiger partial charge in [-0.2, -0.15) is 0 Å². The lowest BCUT2D eigenvalue weighted by molar-refractivity contribution is 0.324. The second-order valence-electron chi connectivity index (χ2n) is 6.76. The van der Waals surface area contributed by atoms with Gasteiger partial charge < -0.3 is 14.2 Å². The van der Waals surface area contributed by atoms with Crippen LogP contribution in [0.15, 0.2) is 71.5 Å². The largest absolute Gasteiger partial charge is 0.493 e. The molecule has 0 N–H and O–H groups in total. The van der Waals surface area contributed by atoms with E-state index in [1.165, 1.54) is 0 Å². The van der Waals surface area contributed by atoms with Gasteiger partial charge in [0, 0.05) is 0 Å². The molecule has 0 unspecified atom stereocenters. The molecule has 1 aromatic heterocycles. The first-order valence-corrected chi connectivity index (χ1v) is 9.71. The highest BCUT2D eigenvalue weighted by atomic mass is 16.5. The van der Waals surface area contributed by atoms with E-state index in [1.54, 1.807) is 32.0 Å². The molecule has 0 saturated carbocycles. The van der Waals surface area contributed by atoms with Gasteiger partial charge in [0.25, 0.3) is 5.56 Å². The van der Waals surface area contributed by atoms with Crippen LogP contribution in [0.5, 0.6) is 17.2 Å². The highest BCUT2D eigenvalue weighted by molar-refractivity contribution is 5.80. The van der Waals surface area contributed by atoms with Crippen LogP contribution in [0, 0.1) is 0 Å². The minimum absolute atomic E-state index is 0.124. The molecule has 0 radical (unpaired) electrons. The second-order valence-corrected chi connectivity index (χ2v) is 6.76. The summed E-state index contributed by atoms with van der Waals surface area (Å²) in [4.78, 5) is 18.0. The SMILES string of the molecule is COc1cc(C=Cc2nc3ccccc3c(=O)n2-c2ccccc2)cc(OC)c1OC. The summed E-state index contributed by atoms with van der Waals surface area (Å²) in [5.74, 6) is 2.14. The van der Waals surface area contributed by atoms with Crippen LogP contribution >= 0.6 is 0 Å². The van der Waals surface area contributed by atoms with Crippen LogP contribution in [-0.4, -0.2) is 30.9 Å². The van der Waals surface area contributed by atoms with E-state index in [0.717, 1.165) is 11.3 Å². The van der Waals surface area contributed by atoms with Gasteiger partial charge in [0.1, 0.15) is 5.82 Å². The fraction of sp³-hybridized carbons (Fsp3) is 0.120. The number of para-hydroxylation sites is 2. The number of benzene rings is 3. The van der Waals surface area contributed by atoms with Gasteiger partial charge >= 0.3 is 0 Å². The molecule has 3 aromatic carbocycles. The van der Waals surface area contributed by atoms with Gasteiger partial charge in [0.15, 0.2) is 11.5 Å². The van der Waals surface area contributed by atoms with Crippen molar-refractivity contribution in [2.24, 2.45) is 0 Å². The van der Waals surface area contributed by atoms with Gasteiger partial charge in [-0.3, -0.25) is 9.36 Å². The van der Waals surface area contributed by atoms with Crippen LogP contribution < -0.4 is 19.8 Å². The third kappa shape index (κ3) is 3.88. The maximum Gasteiger partial charge on any atom is 0.266 e. The summed E-state index contributed by atoms with van der Waals surface area (Å²) in [7, 11) is 4.71. The van der Waals surface area contributed by atoms with Crippen molar-refractivity contribution in [2.45, 2.75) is 0 Å². The summed E-state index contributed by atoms with van der Waals surface area (Å²) >= 11 is 0. The molecule has 0 bridgehead atoms. The quantitative estimate of drug-likeness (QED) is 0.462. The summed E-state index contributed by atoms with van der Waals surface area (Å²) in [6.07, 6.45) is 3.67. The molecule has 0 fully saturated rings. The molecule has 31 heavy (non-hydrogen) atoms. The average molecular weight is 414 g/mol. The van der Waals surface area contributed by atoms with E-state index in [9.17, 15) is 4.79 Å². The molecule has 156 valence electrons. The van der Waals surface area contributed by atoms with Gasteiger partial charge in [-0.1, -0.05) is 36.4 Å².